The lowest BCUT2D eigenvalue weighted by Crippen LogP contribution is -2.71. The number of thioether (sulfide) groups is 2. The number of carboxylic acids is 1. The van der Waals surface area contributed by atoms with Crippen LogP contribution in [0.4, 0.5) is 4.79 Å². The number of fused-ring (bicyclic) bond motifs is 1. The smallest absolute Gasteiger partial charge is 0.352 e. The number of β-lactam (4-membered cyclic amide) rings is 1. The zero-order valence-electron chi connectivity index (χ0n) is 18.0. The zero-order chi connectivity index (χ0) is 23.1. The lowest BCUT2D eigenvalue weighted by molar-refractivity contribution is -0.148. The van der Waals surface area contributed by atoms with Crippen molar-refractivity contribution in [3.63, 3.8) is 0 Å². The number of carbonyl (C=O) groups excluding carboxylic acids is 2. The number of hydrogen-bond acceptors (Lipinski definition) is 9. The number of carbonyl (C=O) groups is 3. The molecule has 0 bridgehead atoms. The third-order valence-corrected chi connectivity index (χ3v) is 8.20. The Hall–Kier alpha value is -1.83. The highest BCUT2D eigenvalue weighted by Crippen LogP contribution is 2.41. The van der Waals surface area contributed by atoms with Crippen LogP contribution < -0.4 is 10.6 Å². The fraction of sp³-hybridized carbons (Fsp3) is 0.632. The van der Waals surface area contributed by atoms with Crippen molar-refractivity contribution in [2.45, 2.75) is 48.9 Å². The van der Waals surface area contributed by atoms with Crippen molar-refractivity contribution in [2.24, 2.45) is 0 Å². The molecule has 0 spiro atoms. The molecule has 2 atom stereocenters. The van der Waals surface area contributed by atoms with E-state index in [0.717, 1.165) is 22.2 Å². The van der Waals surface area contributed by atoms with Crippen LogP contribution in [0.25, 0.3) is 0 Å². The van der Waals surface area contributed by atoms with Gasteiger partial charge in [0.25, 0.3) is 5.91 Å². The third-order valence-electron chi connectivity index (χ3n) is 4.81. The first-order valence-corrected chi connectivity index (χ1v) is 13.2. The standard InChI is InChI=1S/C19H27N5O5S3/c1-3-4-7-29-8-5-6-20-18(28)21-13-15(25)24-14(17(26)27)12(9-30-16(13)24)10-31-19-23-22-11(2)32-19/h13,16H,3-10H2,1-2H3,(H,26,27)(H2,20,21,28)/t13?,16-/m1/s1. The number of nitrogens with one attached hydrogen (secondary N) is 2. The van der Waals surface area contributed by atoms with Crippen molar-refractivity contribution < 1.29 is 24.2 Å². The molecule has 13 heteroatoms. The maximum absolute atomic E-state index is 12.7. The normalized spacial score (nSPS) is 20.1. The van der Waals surface area contributed by atoms with Gasteiger partial charge in [-0.15, -0.1) is 22.0 Å². The predicted molar refractivity (Wildman–Crippen MR) is 124 cm³/mol. The van der Waals surface area contributed by atoms with Crippen LogP contribution >= 0.6 is 34.9 Å². The van der Waals surface area contributed by atoms with Gasteiger partial charge in [0, 0.05) is 31.3 Å². The van der Waals surface area contributed by atoms with Gasteiger partial charge in [-0.3, -0.25) is 9.69 Å². The molecule has 3 N–H and O–H groups in total. The molecule has 1 aromatic heterocycles. The minimum atomic E-state index is -1.14. The fourth-order valence-electron chi connectivity index (χ4n) is 3.20. The van der Waals surface area contributed by atoms with Gasteiger partial charge in [-0.2, -0.15) is 0 Å². The quantitative estimate of drug-likeness (QED) is 0.223. The molecule has 176 valence electrons. The lowest BCUT2D eigenvalue weighted by atomic mass is 10.0. The van der Waals surface area contributed by atoms with Gasteiger partial charge >= 0.3 is 12.0 Å². The number of ether oxygens (including phenoxy) is 1. The van der Waals surface area contributed by atoms with E-state index < -0.39 is 29.3 Å². The van der Waals surface area contributed by atoms with E-state index in [1.165, 1.54) is 39.8 Å². The summed E-state index contributed by atoms with van der Waals surface area (Å²) in [5.41, 5.74) is 0.672. The van der Waals surface area contributed by atoms with Gasteiger partial charge < -0.3 is 20.5 Å². The Morgan fingerprint density at radius 1 is 1.31 bits per heavy atom. The minimum Gasteiger partial charge on any atom is -0.477 e. The van der Waals surface area contributed by atoms with E-state index in [4.69, 9.17) is 4.74 Å². The maximum atomic E-state index is 12.7. The summed E-state index contributed by atoms with van der Waals surface area (Å²) in [7, 11) is 0. The topological polar surface area (TPSA) is 134 Å². The molecule has 3 rings (SSSR count). The van der Waals surface area contributed by atoms with Gasteiger partial charge in [0.05, 0.1) is 0 Å². The van der Waals surface area contributed by atoms with E-state index in [1.807, 2.05) is 6.92 Å². The number of aryl methyl sites for hydroxylation is 1. The van der Waals surface area contributed by atoms with Gasteiger partial charge in [-0.05, 0) is 25.3 Å². The van der Waals surface area contributed by atoms with Gasteiger partial charge in [0.1, 0.15) is 22.1 Å². The van der Waals surface area contributed by atoms with E-state index in [-0.39, 0.29) is 5.70 Å². The van der Waals surface area contributed by atoms with Crippen molar-refractivity contribution in [1.29, 1.82) is 0 Å². The number of urea groups is 1. The van der Waals surface area contributed by atoms with Crippen molar-refractivity contribution >= 4 is 52.8 Å². The molecular weight excluding hydrogens is 474 g/mol. The van der Waals surface area contributed by atoms with Crippen LogP contribution in [-0.4, -0.2) is 80.8 Å². The molecular formula is C19H27N5O5S3. The Labute approximate surface area is 198 Å². The summed E-state index contributed by atoms with van der Waals surface area (Å²) in [6, 6.07) is -1.18. The zero-order valence-corrected chi connectivity index (χ0v) is 20.4. The van der Waals surface area contributed by atoms with Crippen LogP contribution in [0.1, 0.15) is 31.2 Å². The van der Waals surface area contributed by atoms with Crippen molar-refractivity contribution in [3.05, 3.63) is 16.3 Å². The minimum absolute atomic E-state index is 0.00942. The first-order chi connectivity index (χ1) is 15.4. The molecule has 32 heavy (non-hydrogen) atoms. The molecule has 3 amide bonds. The first kappa shape index (κ1) is 24.8. The van der Waals surface area contributed by atoms with Crippen LogP contribution in [0.3, 0.4) is 0 Å². The van der Waals surface area contributed by atoms with Gasteiger partial charge in [-0.25, -0.2) is 9.59 Å². The number of hydrogen-bond donors (Lipinski definition) is 3. The summed E-state index contributed by atoms with van der Waals surface area (Å²) in [6.07, 6.45) is 2.78. The van der Waals surface area contributed by atoms with Crippen LogP contribution in [0.2, 0.25) is 0 Å². The molecule has 10 nitrogen and oxygen atoms in total. The van der Waals surface area contributed by atoms with Crippen molar-refractivity contribution in [2.75, 3.05) is 31.3 Å². The number of aliphatic carboxylic acids is 1. The Morgan fingerprint density at radius 2 is 2.09 bits per heavy atom. The Balaban J connectivity index is 1.50. The Bertz CT molecular complexity index is 877. The summed E-state index contributed by atoms with van der Waals surface area (Å²) < 4.78 is 6.20. The first-order valence-electron chi connectivity index (χ1n) is 10.4. The molecule has 1 unspecified atom stereocenters. The van der Waals surface area contributed by atoms with Gasteiger partial charge in [0.15, 0.2) is 4.34 Å². The number of nitrogens with zero attached hydrogens (tertiary/aromatic N) is 3. The van der Waals surface area contributed by atoms with Crippen LogP contribution in [0.5, 0.6) is 0 Å². The monoisotopic (exact) mass is 501 g/mol. The molecule has 2 aliphatic heterocycles. The molecule has 0 saturated carbocycles. The average Bonchev–Trinajstić information content (AvgIpc) is 3.19. The SMILES string of the molecule is CCCCOCCCNC(=O)NC1C(=O)N2C(C(=O)O)=C(CSc3nnc(C)s3)CS[C@H]12. The Kier molecular flexibility index (Phi) is 9.20. The van der Waals surface area contributed by atoms with Gasteiger partial charge in [-0.1, -0.05) is 36.4 Å². The second-order valence-electron chi connectivity index (χ2n) is 7.24. The molecule has 1 aromatic rings. The molecule has 0 aliphatic carbocycles. The molecule has 2 aliphatic rings. The van der Waals surface area contributed by atoms with E-state index in [2.05, 4.69) is 27.8 Å². The van der Waals surface area contributed by atoms with Crippen molar-refractivity contribution in [3.8, 4) is 0 Å². The van der Waals surface area contributed by atoms with E-state index in [9.17, 15) is 19.5 Å². The second-order valence-corrected chi connectivity index (χ2v) is 10.7. The maximum Gasteiger partial charge on any atom is 0.352 e. The summed E-state index contributed by atoms with van der Waals surface area (Å²) in [5, 5.41) is 23.5. The number of amides is 3. The molecule has 1 saturated heterocycles. The number of aromatic nitrogens is 2. The summed E-state index contributed by atoms with van der Waals surface area (Å²) >= 11 is 4.30. The number of unbranched alkanes of at least 4 members (excludes halogenated alkanes) is 1. The Morgan fingerprint density at radius 3 is 2.78 bits per heavy atom. The highest BCUT2D eigenvalue weighted by atomic mass is 32.2. The highest BCUT2D eigenvalue weighted by Gasteiger charge is 2.54. The largest absolute Gasteiger partial charge is 0.477 e. The van der Waals surface area contributed by atoms with Gasteiger partial charge in [0.2, 0.25) is 0 Å². The molecule has 3 heterocycles. The summed E-state index contributed by atoms with van der Waals surface area (Å²) in [5.74, 6) is -0.667. The summed E-state index contributed by atoms with van der Waals surface area (Å²) in [4.78, 5) is 38.0. The third kappa shape index (κ3) is 6.15. The average molecular weight is 502 g/mol. The fourth-order valence-corrected chi connectivity index (χ4v) is 6.50. The van der Waals surface area contributed by atoms with E-state index in [1.54, 1.807) is 0 Å². The second kappa shape index (κ2) is 11.9. The summed E-state index contributed by atoms with van der Waals surface area (Å²) in [6.45, 7) is 5.67. The highest BCUT2D eigenvalue weighted by molar-refractivity contribution is 8.01. The molecule has 1 fully saturated rings. The molecule has 0 radical (unpaired) electrons. The van der Waals surface area contributed by atoms with Crippen LogP contribution in [0, 0.1) is 6.92 Å². The number of carboxylic acid groups (broad SMARTS) is 1. The van der Waals surface area contributed by atoms with Crippen LogP contribution in [0.15, 0.2) is 15.6 Å². The van der Waals surface area contributed by atoms with Crippen molar-refractivity contribution in [1.82, 2.24) is 25.7 Å². The van der Waals surface area contributed by atoms with E-state index in [0.29, 0.717) is 43.3 Å². The number of rotatable bonds is 12. The lowest BCUT2D eigenvalue weighted by Gasteiger charge is -2.49. The predicted octanol–water partition coefficient (Wildman–Crippen LogP) is 2.07. The molecule has 0 aromatic carbocycles. The van der Waals surface area contributed by atoms with E-state index >= 15 is 0 Å². The van der Waals surface area contributed by atoms with Crippen LogP contribution in [-0.2, 0) is 14.3 Å².